The number of nitrogens with zero attached hydrogens (tertiary/aromatic N) is 1. The van der Waals surface area contributed by atoms with Crippen LogP contribution < -0.4 is 5.73 Å². The van der Waals surface area contributed by atoms with Crippen molar-refractivity contribution in [3.05, 3.63) is 36.0 Å². The van der Waals surface area contributed by atoms with E-state index in [4.69, 9.17) is 15.2 Å². The Morgan fingerprint density at radius 3 is 2.67 bits per heavy atom. The van der Waals surface area contributed by atoms with Crippen molar-refractivity contribution in [3.8, 4) is 0 Å². The van der Waals surface area contributed by atoms with Gasteiger partial charge in [-0.05, 0) is 38.8 Å². The first-order chi connectivity index (χ1) is 11.2. The average Bonchev–Trinajstić information content (AvgIpc) is 2.82. The van der Waals surface area contributed by atoms with Gasteiger partial charge in [0, 0.05) is 17.6 Å². The Balaban J connectivity index is 1.93. The van der Waals surface area contributed by atoms with E-state index in [0.29, 0.717) is 6.42 Å². The fourth-order valence-corrected chi connectivity index (χ4v) is 2.83. The lowest BCUT2D eigenvalue weighted by Gasteiger charge is -2.40. The van der Waals surface area contributed by atoms with Crippen molar-refractivity contribution in [2.75, 3.05) is 13.2 Å². The molecule has 2 aromatic rings. The minimum atomic E-state index is -0.991. The number of carbonyl (C=O) groups excluding carboxylic acids is 1. The van der Waals surface area contributed by atoms with Crippen molar-refractivity contribution in [2.24, 2.45) is 5.73 Å². The molecule has 1 saturated heterocycles. The zero-order valence-electron chi connectivity index (χ0n) is 14.3. The number of carbonyl (C=O) groups is 1. The fourth-order valence-electron chi connectivity index (χ4n) is 2.83. The molecule has 130 valence electrons. The van der Waals surface area contributed by atoms with Crippen LogP contribution in [0.3, 0.4) is 0 Å². The highest BCUT2D eigenvalue weighted by molar-refractivity contribution is 5.92. The van der Waals surface area contributed by atoms with Crippen LogP contribution in [0.4, 0.5) is 4.79 Å². The highest BCUT2D eigenvalue weighted by Gasteiger charge is 2.42. The van der Waals surface area contributed by atoms with Gasteiger partial charge in [0.2, 0.25) is 0 Å². The summed E-state index contributed by atoms with van der Waals surface area (Å²) in [5, 5.41) is 11.3. The van der Waals surface area contributed by atoms with Crippen LogP contribution in [0.2, 0.25) is 0 Å². The molecule has 6 nitrogen and oxygen atoms in total. The maximum atomic E-state index is 12.5. The second-order valence-corrected chi connectivity index (χ2v) is 7.43. The molecule has 1 aromatic carbocycles. The Morgan fingerprint density at radius 2 is 2.08 bits per heavy atom. The molecule has 1 unspecified atom stereocenters. The number of ether oxygens (including phenoxy) is 2. The van der Waals surface area contributed by atoms with Gasteiger partial charge in [-0.2, -0.15) is 0 Å². The van der Waals surface area contributed by atoms with Crippen molar-refractivity contribution in [2.45, 2.75) is 44.4 Å². The summed E-state index contributed by atoms with van der Waals surface area (Å²) in [5.74, 6) is 0. The summed E-state index contributed by atoms with van der Waals surface area (Å²) >= 11 is 0. The molecule has 3 rings (SSSR count). The second-order valence-electron chi connectivity index (χ2n) is 7.43. The van der Waals surface area contributed by atoms with Gasteiger partial charge in [0.1, 0.15) is 11.2 Å². The van der Waals surface area contributed by atoms with Crippen LogP contribution in [-0.4, -0.2) is 46.2 Å². The second kappa shape index (κ2) is 5.88. The molecular formula is C18H24N2O4. The largest absolute Gasteiger partial charge is 0.443 e. The number of benzene rings is 1. The van der Waals surface area contributed by atoms with Crippen LogP contribution in [0.15, 0.2) is 30.5 Å². The first kappa shape index (κ1) is 17.0. The van der Waals surface area contributed by atoms with E-state index in [2.05, 4.69) is 0 Å². The predicted molar refractivity (Wildman–Crippen MR) is 91.0 cm³/mol. The summed E-state index contributed by atoms with van der Waals surface area (Å²) < 4.78 is 12.1. The van der Waals surface area contributed by atoms with Gasteiger partial charge >= 0.3 is 6.09 Å². The third-order valence-corrected chi connectivity index (χ3v) is 4.22. The molecule has 1 atom stereocenters. The predicted octanol–water partition coefficient (Wildman–Crippen LogP) is 2.06. The Labute approximate surface area is 141 Å². The van der Waals surface area contributed by atoms with Gasteiger partial charge in [0.05, 0.1) is 18.7 Å². The molecule has 1 aromatic heterocycles. The zero-order valence-corrected chi connectivity index (χ0v) is 14.3. The van der Waals surface area contributed by atoms with E-state index in [9.17, 15) is 9.90 Å². The molecule has 0 bridgehead atoms. The van der Waals surface area contributed by atoms with Gasteiger partial charge in [-0.15, -0.1) is 0 Å². The van der Waals surface area contributed by atoms with Crippen LogP contribution in [0, 0.1) is 0 Å². The first-order valence-electron chi connectivity index (χ1n) is 8.08. The van der Waals surface area contributed by atoms with Crippen molar-refractivity contribution in [1.29, 1.82) is 0 Å². The van der Waals surface area contributed by atoms with Crippen molar-refractivity contribution in [3.63, 3.8) is 0 Å². The van der Waals surface area contributed by atoms with Crippen LogP contribution in [-0.2, 0) is 15.9 Å². The van der Waals surface area contributed by atoms with E-state index in [1.54, 1.807) is 6.20 Å². The molecule has 1 aliphatic heterocycles. The monoisotopic (exact) mass is 332 g/mol. The van der Waals surface area contributed by atoms with Crippen LogP contribution in [0.25, 0.3) is 10.9 Å². The zero-order chi connectivity index (χ0) is 17.5. The van der Waals surface area contributed by atoms with Crippen molar-refractivity contribution in [1.82, 2.24) is 4.57 Å². The maximum Gasteiger partial charge on any atom is 0.419 e. The Morgan fingerprint density at radius 1 is 1.42 bits per heavy atom. The third kappa shape index (κ3) is 3.17. The molecule has 0 aliphatic carbocycles. The number of aromatic nitrogens is 1. The standard InChI is InChI=1S/C18H24N2O4/c1-17(2,3)24-16(21)20-9-12(13-6-4-5-7-14(13)20)8-15(19)18(22)10-23-11-18/h4-7,9,15,22H,8,10-11,19H2,1-3H3. The molecule has 24 heavy (non-hydrogen) atoms. The van der Waals surface area contributed by atoms with E-state index >= 15 is 0 Å². The SMILES string of the molecule is CC(C)(C)OC(=O)n1cc(CC(N)C2(O)COC2)c2ccccc21. The summed E-state index contributed by atoms with van der Waals surface area (Å²) in [6.45, 7) is 6.00. The van der Waals surface area contributed by atoms with Gasteiger partial charge in [-0.1, -0.05) is 18.2 Å². The molecule has 1 fully saturated rings. The topological polar surface area (TPSA) is 86.7 Å². The number of aliphatic hydroxyl groups is 1. The Bertz CT molecular complexity index is 756. The molecule has 1 aliphatic rings. The first-order valence-corrected chi connectivity index (χ1v) is 8.08. The van der Waals surface area contributed by atoms with Gasteiger partial charge in [0.25, 0.3) is 0 Å². The van der Waals surface area contributed by atoms with Gasteiger partial charge < -0.3 is 20.3 Å². The molecule has 0 spiro atoms. The molecule has 3 N–H and O–H groups in total. The van der Waals surface area contributed by atoms with E-state index in [0.717, 1.165) is 16.5 Å². The molecule has 0 amide bonds. The summed E-state index contributed by atoms with van der Waals surface area (Å²) in [6.07, 6.45) is 1.78. The molecule has 0 radical (unpaired) electrons. The van der Waals surface area contributed by atoms with Crippen molar-refractivity contribution < 1.29 is 19.4 Å². The Hall–Kier alpha value is -1.89. The fraction of sp³-hybridized carbons (Fsp3) is 0.500. The lowest BCUT2D eigenvalue weighted by Crippen LogP contribution is -2.62. The van der Waals surface area contributed by atoms with Crippen LogP contribution in [0.5, 0.6) is 0 Å². The van der Waals surface area contributed by atoms with E-state index in [-0.39, 0.29) is 13.2 Å². The van der Waals surface area contributed by atoms with Crippen LogP contribution in [0.1, 0.15) is 26.3 Å². The lowest BCUT2D eigenvalue weighted by molar-refractivity contribution is -0.189. The van der Waals surface area contributed by atoms with Crippen LogP contribution >= 0.6 is 0 Å². The number of fused-ring (bicyclic) bond motifs is 1. The van der Waals surface area contributed by atoms with E-state index in [1.165, 1.54) is 4.57 Å². The number of nitrogens with two attached hydrogens (primary N) is 1. The minimum Gasteiger partial charge on any atom is -0.443 e. The van der Waals surface area contributed by atoms with E-state index in [1.807, 2.05) is 45.0 Å². The van der Waals surface area contributed by atoms with Gasteiger partial charge in [-0.3, -0.25) is 4.57 Å². The summed E-state index contributed by atoms with van der Waals surface area (Å²) in [4.78, 5) is 12.5. The summed E-state index contributed by atoms with van der Waals surface area (Å²) in [7, 11) is 0. The number of para-hydroxylation sites is 1. The smallest absolute Gasteiger partial charge is 0.419 e. The highest BCUT2D eigenvalue weighted by atomic mass is 16.6. The lowest BCUT2D eigenvalue weighted by atomic mass is 9.88. The number of rotatable bonds is 3. The van der Waals surface area contributed by atoms with E-state index < -0.39 is 23.3 Å². The summed E-state index contributed by atoms with van der Waals surface area (Å²) in [5.41, 5.74) is 6.28. The Kier molecular flexibility index (Phi) is 4.15. The normalized spacial score (nSPS) is 18.2. The van der Waals surface area contributed by atoms with Crippen molar-refractivity contribution >= 4 is 17.0 Å². The highest BCUT2D eigenvalue weighted by Crippen LogP contribution is 2.27. The summed E-state index contributed by atoms with van der Waals surface area (Å²) in [6, 6.07) is 7.15. The molecule has 6 heteroatoms. The number of hydrogen-bond acceptors (Lipinski definition) is 5. The number of hydrogen-bond donors (Lipinski definition) is 2. The maximum absolute atomic E-state index is 12.5. The third-order valence-electron chi connectivity index (χ3n) is 4.22. The van der Waals surface area contributed by atoms with Gasteiger partial charge in [0.15, 0.2) is 0 Å². The quantitative estimate of drug-likeness (QED) is 0.898. The average molecular weight is 332 g/mol. The van der Waals surface area contributed by atoms with Gasteiger partial charge in [-0.25, -0.2) is 4.79 Å². The molecule has 2 heterocycles. The minimum absolute atomic E-state index is 0.249. The molecule has 0 saturated carbocycles. The molecular weight excluding hydrogens is 308 g/mol.